The molecular weight excluding hydrogens is 245 g/mol. The second-order valence-corrected chi connectivity index (χ2v) is 4.47. The molecule has 0 aliphatic heterocycles. The Morgan fingerprint density at radius 2 is 1.94 bits per heavy atom. The molecule has 0 saturated carbocycles. The Bertz CT molecular complexity index is 449. The lowest BCUT2D eigenvalue weighted by Gasteiger charge is -2.14. The van der Waals surface area contributed by atoms with Crippen molar-refractivity contribution in [3.63, 3.8) is 0 Å². The van der Waals surface area contributed by atoms with Crippen LogP contribution in [-0.2, 0) is 4.79 Å². The zero-order valence-electron chi connectivity index (χ0n) is 10.1. The maximum absolute atomic E-state index is 13.3. The Balaban J connectivity index is 2.82. The molecule has 0 spiro atoms. The van der Waals surface area contributed by atoms with Crippen molar-refractivity contribution in [3.8, 4) is 0 Å². The first-order chi connectivity index (χ1) is 8.31. The minimum Gasteiger partial charge on any atom is -0.322 e. The second kappa shape index (κ2) is 5.86. The molecule has 0 saturated heterocycles. The topological polar surface area (TPSA) is 55.1 Å². The third kappa shape index (κ3) is 3.73. The molecule has 0 heterocycles. The maximum atomic E-state index is 13.3. The van der Waals surface area contributed by atoms with E-state index in [1.54, 1.807) is 0 Å². The number of anilines is 1. The van der Waals surface area contributed by atoms with Crippen LogP contribution in [-0.4, -0.2) is 11.9 Å². The van der Waals surface area contributed by atoms with Gasteiger partial charge in [0.25, 0.3) is 0 Å². The SMILES string of the molecule is CC(C)CC(N)C(=O)Nc1cc(F)cc(F)c1F. The Morgan fingerprint density at radius 1 is 1.33 bits per heavy atom. The van der Waals surface area contributed by atoms with Crippen molar-refractivity contribution < 1.29 is 18.0 Å². The van der Waals surface area contributed by atoms with E-state index >= 15 is 0 Å². The minimum atomic E-state index is -1.36. The highest BCUT2D eigenvalue weighted by atomic mass is 19.2. The largest absolute Gasteiger partial charge is 0.322 e. The zero-order valence-corrected chi connectivity index (χ0v) is 10.1. The predicted molar refractivity (Wildman–Crippen MR) is 62.4 cm³/mol. The van der Waals surface area contributed by atoms with Crippen molar-refractivity contribution in [3.05, 3.63) is 29.6 Å². The van der Waals surface area contributed by atoms with Gasteiger partial charge in [0.05, 0.1) is 11.7 Å². The molecule has 0 aromatic heterocycles. The number of rotatable bonds is 4. The van der Waals surface area contributed by atoms with Crippen molar-refractivity contribution in [1.29, 1.82) is 0 Å². The van der Waals surface area contributed by atoms with Gasteiger partial charge in [-0.3, -0.25) is 4.79 Å². The number of carbonyl (C=O) groups excluding carboxylic acids is 1. The lowest BCUT2D eigenvalue weighted by molar-refractivity contribution is -0.117. The molecule has 3 nitrogen and oxygen atoms in total. The number of halogens is 3. The molecule has 0 aliphatic rings. The Hall–Kier alpha value is -1.56. The molecule has 1 atom stereocenters. The number of benzene rings is 1. The van der Waals surface area contributed by atoms with Gasteiger partial charge in [-0.25, -0.2) is 13.2 Å². The molecule has 1 rings (SSSR count). The van der Waals surface area contributed by atoms with Crippen LogP contribution in [0.4, 0.5) is 18.9 Å². The fraction of sp³-hybridized carbons (Fsp3) is 0.417. The first kappa shape index (κ1) is 14.5. The summed E-state index contributed by atoms with van der Waals surface area (Å²) in [6, 6.07) is 0.257. The van der Waals surface area contributed by atoms with Crippen molar-refractivity contribution in [2.45, 2.75) is 26.3 Å². The van der Waals surface area contributed by atoms with Gasteiger partial charge < -0.3 is 11.1 Å². The molecule has 0 aliphatic carbocycles. The van der Waals surface area contributed by atoms with Gasteiger partial charge in [0.1, 0.15) is 5.82 Å². The van der Waals surface area contributed by atoms with E-state index in [0.29, 0.717) is 18.6 Å². The monoisotopic (exact) mass is 260 g/mol. The van der Waals surface area contributed by atoms with Crippen LogP contribution in [0.2, 0.25) is 0 Å². The van der Waals surface area contributed by atoms with Crippen molar-refractivity contribution in [1.82, 2.24) is 0 Å². The highest BCUT2D eigenvalue weighted by Gasteiger charge is 2.18. The van der Waals surface area contributed by atoms with E-state index in [9.17, 15) is 18.0 Å². The van der Waals surface area contributed by atoms with Gasteiger partial charge >= 0.3 is 0 Å². The Kier molecular flexibility index (Phi) is 4.72. The molecule has 1 amide bonds. The fourth-order valence-corrected chi connectivity index (χ4v) is 1.49. The summed E-state index contributed by atoms with van der Waals surface area (Å²) < 4.78 is 39.1. The van der Waals surface area contributed by atoms with E-state index in [1.807, 2.05) is 13.8 Å². The molecule has 3 N–H and O–H groups in total. The van der Waals surface area contributed by atoms with Crippen LogP contribution < -0.4 is 11.1 Å². The molecule has 0 fully saturated rings. The number of nitrogens with one attached hydrogen (secondary N) is 1. The van der Waals surface area contributed by atoms with Crippen LogP contribution in [0.5, 0.6) is 0 Å². The number of hydrogen-bond donors (Lipinski definition) is 2. The van der Waals surface area contributed by atoms with Gasteiger partial charge in [0.2, 0.25) is 5.91 Å². The highest BCUT2D eigenvalue weighted by molar-refractivity contribution is 5.94. The van der Waals surface area contributed by atoms with Crippen LogP contribution in [0.3, 0.4) is 0 Å². The molecule has 6 heteroatoms. The van der Waals surface area contributed by atoms with E-state index in [4.69, 9.17) is 5.73 Å². The van der Waals surface area contributed by atoms with Gasteiger partial charge in [-0.2, -0.15) is 0 Å². The summed E-state index contributed by atoms with van der Waals surface area (Å²) in [6.45, 7) is 3.74. The predicted octanol–water partition coefficient (Wildman–Crippen LogP) is 2.42. The number of nitrogens with two attached hydrogens (primary N) is 1. The molecule has 0 bridgehead atoms. The van der Waals surface area contributed by atoms with Gasteiger partial charge in [-0.1, -0.05) is 13.8 Å². The van der Waals surface area contributed by atoms with Crippen LogP contribution >= 0.6 is 0 Å². The van der Waals surface area contributed by atoms with Gasteiger partial charge in [-0.05, 0) is 12.3 Å². The second-order valence-electron chi connectivity index (χ2n) is 4.47. The summed E-state index contributed by atoms with van der Waals surface area (Å²) in [7, 11) is 0. The summed E-state index contributed by atoms with van der Waals surface area (Å²) >= 11 is 0. The van der Waals surface area contributed by atoms with Crippen LogP contribution in [0.15, 0.2) is 12.1 Å². The minimum absolute atomic E-state index is 0.180. The van der Waals surface area contributed by atoms with Crippen LogP contribution in [0.1, 0.15) is 20.3 Å². The zero-order chi connectivity index (χ0) is 13.9. The number of hydrogen-bond acceptors (Lipinski definition) is 2. The molecule has 1 aromatic carbocycles. The average molecular weight is 260 g/mol. The molecule has 18 heavy (non-hydrogen) atoms. The maximum Gasteiger partial charge on any atom is 0.241 e. The normalized spacial score (nSPS) is 12.6. The van der Waals surface area contributed by atoms with Crippen molar-refractivity contribution in [2.75, 3.05) is 5.32 Å². The molecule has 1 unspecified atom stereocenters. The van der Waals surface area contributed by atoms with E-state index < -0.39 is 35.1 Å². The van der Waals surface area contributed by atoms with E-state index in [0.717, 1.165) is 0 Å². The molecule has 0 radical (unpaired) electrons. The first-order valence-corrected chi connectivity index (χ1v) is 5.52. The fourth-order valence-electron chi connectivity index (χ4n) is 1.49. The van der Waals surface area contributed by atoms with Crippen molar-refractivity contribution >= 4 is 11.6 Å². The summed E-state index contributed by atoms with van der Waals surface area (Å²) in [5.74, 6) is -4.13. The smallest absolute Gasteiger partial charge is 0.241 e. The summed E-state index contributed by atoms with van der Waals surface area (Å²) in [5, 5.41) is 2.08. The standard InChI is InChI=1S/C12H15F3N2O/c1-6(2)3-9(16)12(18)17-10-5-7(13)4-8(14)11(10)15/h4-6,9H,3,16H2,1-2H3,(H,17,18). The highest BCUT2D eigenvalue weighted by Crippen LogP contribution is 2.19. The summed E-state index contributed by atoms with van der Waals surface area (Å²) in [5.41, 5.74) is 5.03. The molecular formula is C12H15F3N2O. The van der Waals surface area contributed by atoms with Crippen LogP contribution in [0.25, 0.3) is 0 Å². The van der Waals surface area contributed by atoms with E-state index in [-0.39, 0.29) is 5.92 Å². The van der Waals surface area contributed by atoms with Gasteiger partial charge in [0, 0.05) is 12.1 Å². The Labute approximate surface area is 103 Å². The van der Waals surface area contributed by atoms with E-state index in [1.165, 1.54) is 0 Å². The number of amides is 1. The third-order valence-corrected chi connectivity index (χ3v) is 2.31. The summed E-state index contributed by atoms with van der Waals surface area (Å²) in [6.07, 6.45) is 0.394. The van der Waals surface area contributed by atoms with Gasteiger partial charge in [-0.15, -0.1) is 0 Å². The van der Waals surface area contributed by atoms with Crippen LogP contribution in [0, 0.1) is 23.4 Å². The molecule has 1 aromatic rings. The lowest BCUT2D eigenvalue weighted by atomic mass is 10.0. The van der Waals surface area contributed by atoms with Crippen molar-refractivity contribution in [2.24, 2.45) is 11.7 Å². The first-order valence-electron chi connectivity index (χ1n) is 5.52. The average Bonchev–Trinajstić information content (AvgIpc) is 2.24. The quantitative estimate of drug-likeness (QED) is 0.817. The number of carbonyl (C=O) groups is 1. The third-order valence-electron chi connectivity index (χ3n) is 2.31. The van der Waals surface area contributed by atoms with Gasteiger partial charge in [0.15, 0.2) is 11.6 Å². The lowest BCUT2D eigenvalue weighted by Crippen LogP contribution is -2.37. The van der Waals surface area contributed by atoms with E-state index in [2.05, 4.69) is 5.32 Å². The molecule has 100 valence electrons. The Morgan fingerprint density at radius 3 is 2.50 bits per heavy atom. The summed E-state index contributed by atoms with van der Waals surface area (Å²) in [4.78, 5) is 11.6.